The van der Waals surface area contributed by atoms with Gasteiger partial charge in [-0.25, -0.2) is 8.42 Å². The standard InChI is InChI=1S/C20H26N2O4S/c1-4-22(27(24,25)19-11-5-16(2)6-12-19)15-17-7-9-18(10-8-17)20(23)21-13-14-26-3/h5-12H,4,13-15H2,1-3H3,(H,21,23). The number of methoxy groups -OCH3 is 1. The van der Waals surface area contributed by atoms with E-state index in [0.717, 1.165) is 11.1 Å². The highest BCUT2D eigenvalue weighted by Crippen LogP contribution is 2.19. The predicted octanol–water partition coefficient (Wildman–Crippen LogP) is 2.58. The van der Waals surface area contributed by atoms with Crippen LogP contribution < -0.4 is 5.32 Å². The minimum atomic E-state index is -3.57. The van der Waals surface area contributed by atoms with Crippen LogP contribution in [0.15, 0.2) is 53.4 Å². The Hall–Kier alpha value is -2.22. The second kappa shape index (κ2) is 9.64. The van der Waals surface area contributed by atoms with Crippen molar-refractivity contribution in [3.63, 3.8) is 0 Å². The number of carbonyl (C=O) groups is 1. The summed E-state index contributed by atoms with van der Waals surface area (Å²) in [7, 11) is -1.99. The van der Waals surface area contributed by atoms with Crippen LogP contribution in [-0.4, -0.2) is 45.4 Å². The van der Waals surface area contributed by atoms with Crippen molar-refractivity contribution in [1.82, 2.24) is 9.62 Å². The van der Waals surface area contributed by atoms with Gasteiger partial charge in [-0.3, -0.25) is 4.79 Å². The molecule has 2 aromatic rings. The maximum absolute atomic E-state index is 12.9. The van der Waals surface area contributed by atoms with Crippen molar-refractivity contribution < 1.29 is 17.9 Å². The average molecular weight is 391 g/mol. The van der Waals surface area contributed by atoms with Gasteiger partial charge < -0.3 is 10.1 Å². The number of carbonyl (C=O) groups excluding carboxylic acids is 1. The van der Waals surface area contributed by atoms with Gasteiger partial charge in [0.05, 0.1) is 11.5 Å². The second-order valence-electron chi connectivity index (χ2n) is 6.19. The van der Waals surface area contributed by atoms with E-state index in [-0.39, 0.29) is 17.3 Å². The van der Waals surface area contributed by atoms with Gasteiger partial charge in [0, 0.05) is 32.3 Å². The van der Waals surface area contributed by atoms with E-state index in [0.29, 0.717) is 25.3 Å². The molecule has 0 aliphatic heterocycles. The molecule has 0 heterocycles. The SMILES string of the molecule is CCN(Cc1ccc(C(=O)NCCOC)cc1)S(=O)(=O)c1ccc(C)cc1. The molecule has 0 bridgehead atoms. The number of ether oxygens (including phenoxy) is 1. The molecule has 7 heteroatoms. The molecule has 27 heavy (non-hydrogen) atoms. The lowest BCUT2D eigenvalue weighted by molar-refractivity contribution is 0.0937. The highest BCUT2D eigenvalue weighted by atomic mass is 32.2. The number of sulfonamides is 1. The fraction of sp³-hybridized carbons (Fsp3) is 0.350. The maximum atomic E-state index is 12.9. The van der Waals surface area contributed by atoms with Gasteiger partial charge in [0.25, 0.3) is 5.91 Å². The molecule has 2 aromatic carbocycles. The first-order valence-corrected chi connectivity index (χ1v) is 10.3. The van der Waals surface area contributed by atoms with Crippen LogP contribution in [0.1, 0.15) is 28.4 Å². The van der Waals surface area contributed by atoms with Crippen molar-refractivity contribution in [3.05, 3.63) is 65.2 Å². The van der Waals surface area contributed by atoms with E-state index in [1.165, 1.54) is 4.31 Å². The summed E-state index contributed by atoms with van der Waals surface area (Å²) in [5.41, 5.74) is 2.36. The topological polar surface area (TPSA) is 75.7 Å². The molecule has 0 radical (unpaired) electrons. The molecular weight excluding hydrogens is 364 g/mol. The number of hydrogen-bond donors (Lipinski definition) is 1. The molecule has 0 atom stereocenters. The first-order chi connectivity index (χ1) is 12.9. The summed E-state index contributed by atoms with van der Waals surface area (Å²) in [5, 5.41) is 2.75. The van der Waals surface area contributed by atoms with Crippen molar-refractivity contribution in [1.29, 1.82) is 0 Å². The number of rotatable bonds is 9. The van der Waals surface area contributed by atoms with Gasteiger partial charge in [0.2, 0.25) is 10.0 Å². The molecule has 0 aliphatic carbocycles. The molecule has 146 valence electrons. The van der Waals surface area contributed by atoms with Crippen molar-refractivity contribution in [2.45, 2.75) is 25.3 Å². The van der Waals surface area contributed by atoms with Gasteiger partial charge in [-0.05, 0) is 36.8 Å². The zero-order valence-electron chi connectivity index (χ0n) is 15.9. The van der Waals surface area contributed by atoms with Crippen molar-refractivity contribution in [2.75, 3.05) is 26.8 Å². The molecule has 0 saturated heterocycles. The molecule has 0 aromatic heterocycles. The minimum Gasteiger partial charge on any atom is -0.383 e. The Bertz CT molecular complexity index is 847. The predicted molar refractivity (Wildman–Crippen MR) is 105 cm³/mol. The third-order valence-corrected chi connectivity index (χ3v) is 6.11. The van der Waals surface area contributed by atoms with Crippen LogP contribution >= 0.6 is 0 Å². The summed E-state index contributed by atoms with van der Waals surface area (Å²) >= 11 is 0. The Labute approximate surface area is 161 Å². The monoisotopic (exact) mass is 390 g/mol. The Morgan fingerprint density at radius 2 is 1.70 bits per heavy atom. The van der Waals surface area contributed by atoms with E-state index in [1.807, 2.05) is 13.8 Å². The number of nitrogens with one attached hydrogen (secondary N) is 1. The number of benzene rings is 2. The number of nitrogens with zero attached hydrogens (tertiary/aromatic N) is 1. The largest absolute Gasteiger partial charge is 0.383 e. The van der Waals surface area contributed by atoms with Crippen LogP contribution in [-0.2, 0) is 21.3 Å². The van der Waals surface area contributed by atoms with Gasteiger partial charge in [0.15, 0.2) is 0 Å². The van der Waals surface area contributed by atoms with Crippen LogP contribution in [0.2, 0.25) is 0 Å². The summed E-state index contributed by atoms with van der Waals surface area (Å²) in [6, 6.07) is 13.8. The summed E-state index contributed by atoms with van der Waals surface area (Å²) in [5.74, 6) is -0.182. The Morgan fingerprint density at radius 1 is 1.07 bits per heavy atom. The zero-order chi connectivity index (χ0) is 19.9. The Balaban J connectivity index is 2.09. The van der Waals surface area contributed by atoms with Crippen LogP contribution in [0.4, 0.5) is 0 Å². The van der Waals surface area contributed by atoms with Crippen LogP contribution in [0.5, 0.6) is 0 Å². The first kappa shape index (κ1) is 21.1. The zero-order valence-corrected chi connectivity index (χ0v) is 16.8. The van der Waals surface area contributed by atoms with E-state index >= 15 is 0 Å². The fourth-order valence-corrected chi connectivity index (χ4v) is 4.00. The quantitative estimate of drug-likeness (QED) is 0.668. The van der Waals surface area contributed by atoms with Gasteiger partial charge in [-0.1, -0.05) is 36.8 Å². The summed E-state index contributed by atoms with van der Waals surface area (Å²) in [4.78, 5) is 12.3. The molecule has 0 spiro atoms. The maximum Gasteiger partial charge on any atom is 0.251 e. The molecule has 0 fully saturated rings. The van der Waals surface area contributed by atoms with Gasteiger partial charge in [-0.2, -0.15) is 4.31 Å². The molecule has 6 nitrogen and oxygen atoms in total. The number of aryl methyl sites for hydroxylation is 1. The summed E-state index contributed by atoms with van der Waals surface area (Å²) in [6.07, 6.45) is 0. The number of hydrogen-bond acceptors (Lipinski definition) is 4. The van der Waals surface area contributed by atoms with Crippen LogP contribution in [0.25, 0.3) is 0 Å². The normalized spacial score (nSPS) is 11.6. The highest BCUT2D eigenvalue weighted by Gasteiger charge is 2.23. The van der Waals surface area contributed by atoms with Crippen LogP contribution in [0.3, 0.4) is 0 Å². The van der Waals surface area contributed by atoms with E-state index in [9.17, 15) is 13.2 Å². The lowest BCUT2D eigenvalue weighted by Gasteiger charge is -2.21. The second-order valence-corrected chi connectivity index (χ2v) is 8.13. The summed E-state index contributed by atoms with van der Waals surface area (Å²) < 4.78 is 32.0. The smallest absolute Gasteiger partial charge is 0.251 e. The minimum absolute atomic E-state index is 0.182. The van der Waals surface area contributed by atoms with E-state index < -0.39 is 10.0 Å². The fourth-order valence-electron chi connectivity index (χ4n) is 2.56. The molecule has 0 unspecified atom stereocenters. The third-order valence-electron chi connectivity index (χ3n) is 4.18. The van der Waals surface area contributed by atoms with Crippen molar-refractivity contribution >= 4 is 15.9 Å². The van der Waals surface area contributed by atoms with E-state index in [1.54, 1.807) is 55.6 Å². The third kappa shape index (κ3) is 5.63. The Morgan fingerprint density at radius 3 is 2.26 bits per heavy atom. The highest BCUT2D eigenvalue weighted by molar-refractivity contribution is 7.89. The lowest BCUT2D eigenvalue weighted by atomic mass is 10.1. The summed E-state index contributed by atoms with van der Waals surface area (Å²) in [6.45, 7) is 5.22. The lowest BCUT2D eigenvalue weighted by Crippen LogP contribution is -2.30. The van der Waals surface area contributed by atoms with Gasteiger partial charge in [0.1, 0.15) is 0 Å². The van der Waals surface area contributed by atoms with Crippen molar-refractivity contribution in [2.24, 2.45) is 0 Å². The average Bonchev–Trinajstić information content (AvgIpc) is 2.67. The molecule has 1 amide bonds. The van der Waals surface area contributed by atoms with E-state index in [2.05, 4.69) is 5.32 Å². The van der Waals surface area contributed by atoms with Crippen LogP contribution in [0, 0.1) is 6.92 Å². The van der Waals surface area contributed by atoms with Crippen molar-refractivity contribution in [3.8, 4) is 0 Å². The molecule has 1 N–H and O–H groups in total. The molecule has 2 rings (SSSR count). The molecule has 0 saturated carbocycles. The first-order valence-electron chi connectivity index (χ1n) is 8.81. The molecule has 0 aliphatic rings. The molecular formula is C20H26N2O4S. The number of amides is 1. The van der Waals surface area contributed by atoms with Gasteiger partial charge >= 0.3 is 0 Å². The van der Waals surface area contributed by atoms with E-state index in [4.69, 9.17) is 4.74 Å². The van der Waals surface area contributed by atoms with Gasteiger partial charge in [-0.15, -0.1) is 0 Å². The Kier molecular flexibility index (Phi) is 7.53.